The van der Waals surface area contributed by atoms with Gasteiger partial charge in [0, 0.05) is 12.5 Å². The second kappa shape index (κ2) is 13.4. The van der Waals surface area contributed by atoms with E-state index in [9.17, 15) is 24.0 Å². The van der Waals surface area contributed by atoms with Crippen LogP contribution in [0.15, 0.2) is 30.3 Å². The normalized spacial score (nSPS) is 17.9. The van der Waals surface area contributed by atoms with Crippen LogP contribution in [0, 0.1) is 16.7 Å². The van der Waals surface area contributed by atoms with E-state index in [1.807, 2.05) is 51.1 Å². The fourth-order valence-corrected chi connectivity index (χ4v) is 4.24. The Morgan fingerprint density at radius 2 is 1.68 bits per heavy atom. The number of benzene rings is 1. The number of rotatable bonds is 11. The molecule has 10 nitrogen and oxygen atoms in total. The van der Waals surface area contributed by atoms with Crippen LogP contribution in [0.25, 0.3) is 0 Å². The van der Waals surface area contributed by atoms with Gasteiger partial charge in [-0.15, -0.1) is 0 Å². The van der Waals surface area contributed by atoms with E-state index < -0.39 is 41.4 Å². The minimum Gasteiger partial charge on any atom is -0.445 e. The number of carbonyl (C=O) groups is 5. The van der Waals surface area contributed by atoms with Crippen molar-refractivity contribution in [2.45, 2.75) is 85.5 Å². The first-order chi connectivity index (χ1) is 17.7. The lowest BCUT2D eigenvalue weighted by Gasteiger charge is -2.33. The average molecular weight is 531 g/mol. The van der Waals surface area contributed by atoms with Crippen molar-refractivity contribution in [2.75, 3.05) is 6.54 Å². The Labute approximate surface area is 225 Å². The highest BCUT2D eigenvalue weighted by Gasteiger charge is 2.37. The van der Waals surface area contributed by atoms with Gasteiger partial charge in [0.15, 0.2) is 0 Å². The molecule has 1 aromatic rings. The van der Waals surface area contributed by atoms with Crippen LogP contribution in [0.4, 0.5) is 4.79 Å². The molecule has 4 N–H and O–H groups in total. The standard InChI is InChI=1S/C28H42N4O6/c1-27(2,3)15-21(24(35)30-20(16-33)14-19-12-13-29-23(19)34)31-25(36)22(28(4,5)6)32-26(37)38-17-18-10-8-7-9-11-18/h7-11,16,19-22H,12-15,17H2,1-6H3,(H,29,34)(H,30,35)(H,31,36)(H,32,37)/t19-,20-,21-,22+/m0/s1. The van der Waals surface area contributed by atoms with E-state index >= 15 is 0 Å². The monoisotopic (exact) mass is 530 g/mol. The molecule has 0 radical (unpaired) electrons. The molecule has 1 saturated heterocycles. The van der Waals surface area contributed by atoms with Gasteiger partial charge in [0.2, 0.25) is 17.7 Å². The van der Waals surface area contributed by atoms with Crippen LogP contribution in [0.3, 0.4) is 0 Å². The molecule has 2 rings (SSSR count). The molecule has 4 amide bonds. The van der Waals surface area contributed by atoms with Gasteiger partial charge in [-0.2, -0.15) is 0 Å². The SMILES string of the molecule is CC(C)(C)C[C@H](NC(=O)[C@@H](NC(=O)OCc1ccccc1)C(C)(C)C)C(=O)N[C@H](C=O)C[C@@H]1CCNC1=O. The average Bonchev–Trinajstić information content (AvgIpc) is 3.23. The van der Waals surface area contributed by atoms with Gasteiger partial charge in [-0.3, -0.25) is 14.4 Å². The highest BCUT2D eigenvalue weighted by molar-refractivity contribution is 5.92. The highest BCUT2D eigenvalue weighted by Crippen LogP contribution is 2.24. The number of amides is 4. The van der Waals surface area contributed by atoms with E-state index in [0.717, 1.165) is 5.56 Å². The molecular weight excluding hydrogens is 488 g/mol. The summed E-state index contributed by atoms with van der Waals surface area (Å²) in [4.78, 5) is 62.8. The Balaban J connectivity index is 2.10. The van der Waals surface area contributed by atoms with Gasteiger partial charge in [0.1, 0.15) is 25.0 Å². The first kappa shape index (κ1) is 30.8. The van der Waals surface area contributed by atoms with E-state index in [2.05, 4.69) is 21.3 Å². The minimum atomic E-state index is -0.995. The third-order valence-electron chi connectivity index (χ3n) is 6.25. The van der Waals surface area contributed by atoms with Gasteiger partial charge in [0.05, 0.1) is 6.04 Å². The van der Waals surface area contributed by atoms with Crippen molar-refractivity contribution in [1.82, 2.24) is 21.3 Å². The van der Waals surface area contributed by atoms with Crippen molar-refractivity contribution in [3.05, 3.63) is 35.9 Å². The fraction of sp³-hybridized carbons (Fsp3) is 0.607. The van der Waals surface area contributed by atoms with Crippen LogP contribution in [0.1, 0.15) is 66.4 Å². The van der Waals surface area contributed by atoms with Crippen molar-refractivity contribution in [3.8, 4) is 0 Å². The van der Waals surface area contributed by atoms with Crippen molar-refractivity contribution < 1.29 is 28.7 Å². The smallest absolute Gasteiger partial charge is 0.408 e. The van der Waals surface area contributed by atoms with Gasteiger partial charge in [-0.05, 0) is 35.7 Å². The zero-order valence-electron chi connectivity index (χ0n) is 23.3. The second-order valence-corrected chi connectivity index (χ2v) is 12.1. The quantitative estimate of drug-likeness (QED) is 0.324. The highest BCUT2D eigenvalue weighted by atomic mass is 16.5. The molecule has 1 aromatic carbocycles. The Bertz CT molecular complexity index is 983. The lowest BCUT2D eigenvalue weighted by Crippen LogP contribution is -2.59. The summed E-state index contributed by atoms with van der Waals surface area (Å²) in [6.07, 6.45) is 0.936. The zero-order chi connectivity index (χ0) is 28.5. The molecule has 0 bridgehead atoms. The van der Waals surface area contributed by atoms with Crippen LogP contribution in [0.5, 0.6) is 0 Å². The second-order valence-electron chi connectivity index (χ2n) is 12.1. The van der Waals surface area contributed by atoms with Crippen molar-refractivity contribution in [2.24, 2.45) is 16.7 Å². The molecule has 0 aromatic heterocycles. The Kier molecular flexibility index (Phi) is 10.9. The molecular formula is C28H42N4O6. The molecule has 1 aliphatic heterocycles. The van der Waals surface area contributed by atoms with E-state index in [1.54, 1.807) is 20.8 Å². The van der Waals surface area contributed by atoms with E-state index in [0.29, 0.717) is 19.3 Å². The van der Waals surface area contributed by atoms with Crippen LogP contribution in [-0.2, 0) is 30.5 Å². The molecule has 0 aliphatic carbocycles. The molecule has 4 atom stereocenters. The first-order valence-electron chi connectivity index (χ1n) is 13.0. The number of nitrogens with one attached hydrogen (secondary N) is 4. The maximum absolute atomic E-state index is 13.4. The van der Waals surface area contributed by atoms with Gasteiger partial charge < -0.3 is 30.8 Å². The number of ether oxygens (including phenoxy) is 1. The summed E-state index contributed by atoms with van der Waals surface area (Å²) in [6.45, 7) is 11.8. The maximum atomic E-state index is 13.4. The Morgan fingerprint density at radius 3 is 2.21 bits per heavy atom. The van der Waals surface area contributed by atoms with Crippen LogP contribution < -0.4 is 21.3 Å². The Morgan fingerprint density at radius 1 is 1.03 bits per heavy atom. The molecule has 210 valence electrons. The third kappa shape index (κ3) is 10.1. The summed E-state index contributed by atoms with van der Waals surface area (Å²) in [5.41, 5.74) is -0.225. The van der Waals surface area contributed by atoms with Gasteiger partial charge in [-0.1, -0.05) is 71.9 Å². The lowest BCUT2D eigenvalue weighted by molar-refractivity contribution is -0.133. The maximum Gasteiger partial charge on any atom is 0.408 e. The summed E-state index contributed by atoms with van der Waals surface area (Å²) in [7, 11) is 0. The zero-order valence-corrected chi connectivity index (χ0v) is 23.3. The van der Waals surface area contributed by atoms with E-state index in [-0.39, 0.29) is 36.7 Å². The topological polar surface area (TPSA) is 143 Å². The third-order valence-corrected chi connectivity index (χ3v) is 6.25. The van der Waals surface area contributed by atoms with Crippen LogP contribution in [0.2, 0.25) is 0 Å². The molecule has 0 spiro atoms. The number of aldehydes is 1. The largest absolute Gasteiger partial charge is 0.445 e. The van der Waals surface area contributed by atoms with E-state index in [1.165, 1.54) is 0 Å². The molecule has 0 unspecified atom stereocenters. The Hall–Kier alpha value is -3.43. The minimum absolute atomic E-state index is 0.0479. The molecule has 1 heterocycles. The summed E-state index contributed by atoms with van der Waals surface area (Å²) in [5.74, 6) is -1.55. The van der Waals surface area contributed by atoms with Gasteiger partial charge in [0.25, 0.3) is 0 Å². The van der Waals surface area contributed by atoms with Crippen LogP contribution >= 0.6 is 0 Å². The first-order valence-corrected chi connectivity index (χ1v) is 13.0. The van der Waals surface area contributed by atoms with Crippen molar-refractivity contribution >= 4 is 30.1 Å². The number of hydrogen-bond donors (Lipinski definition) is 4. The summed E-state index contributed by atoms with van der Waals surface area (Å²) < 4.78 is 5.30. The van der Waals surface area contributed by atoms with Crippen LogP contribution in [-0.4, -0.2) is 54.8 Å². The molecule has 1 fully saturated rings. The van der Waals surface area contributed by atoms with Crippen molar-refractivity contribution in [1.29, 1.82) is 0 Å². The summed E-state index contributed by atoms with van der Waals surface area (Å²) in [6, 6.07) is 6.35. The summed E-state index contributed by atoms with van der Waals surface area (Å²) in [5, 5.41) is 10.8. The fourth-order valence-electron chi connectivity index (χ4n) is 4.24. The number of alkyl carbamates (subject to hydrolysis) is 1. The molecule has 38 heavy (non-hydrogen) atoms. The van der Waals surface area contributed by atoms with Gasteiger partial charge in [-0.25, -0.2) is 4.79 Å². The number of carbonyl (C=O) groups excluding carboxylic acids is 5. The summed E-state index contributed by atoms with van der Waals surface area (Å²) >= 11 is 0. The van der Waals surface area contributed by atoms with E-state index in [4.69, 9.17) is 4.74 Å². The van der Waals surface area contributed by atoms with Gasteiger partial charge >= 0.3 is 6.09 Å². The molecule has 10 heteroatoms. The molecule has 1 aliphatic rings. The lowest BCUT2D eigenvalue weighted by atomic mass is 9.84. The molecule has 0 saturated carbocycles. The predicted octanol–water partition coefficient (Wildman–Crippen LogP) is 2.46. The number of hydrogen-bond acceptors (Lipinski definition) is 6. The van der Waals surface area contributed by atoms with Crippen molar-refractivity contribution in [3.63, 3.8) is 0 Å². The predicted molar refractivity (Wildman–Crippen MR) is 143 cm³/mol.